The zero-order chi connectivity index (χ0) is 9.68. The number of nitrogens with one attached hydrogen (secondary N) is 1. The van der Waals surface area contributed by atoms with Crippen molar-refractivity contribution in [2.75, 3.05) is 26.2 Å². The molecule has 1 amide bonds. The summed E-state index contributed by atoms with van der Waals surface area (Å²) < 4.78 is 12.5. The van der Waals surface area contributed by atoms with E-state index in [-0.39, 0.29) is 5.91 Å². The standard InChI is InChI=1S/C9H17FN2O/c1-8(10)2-5-12-6-3-9(13)11-4-7-12/h8H,2-7H2,1H3,(H,11,13). The first-order valence-electron chi connectivity index (χ1n) is 4.81. The SMILES string of the molecule is CC(F)CCN1CCNC(=O)CC1. The Labute approximate surface area is 78.3 Å². The Morgan fingerprint density at radius 2 is 2.38 bits per heavy atom. The highest BCUT2D eigenvalue weighted by molar-refractivity contribution is 5.76. The van der Waals surface area contributed by atoms with Gasteiger partial charge in [-0.2, -0.15) is 0 Å². The molecular formula is C9H17FN2O. The van der Waals surface area contributed by atoms with Crippen molar-refractivity contribution in [3.05, 3.63) is 0 Å². The first-order chi connectivity index (χ1) is 6.18. The molecule has 1 fully saturated rings. The summed E-state index contributed by atoms with van der Waals surface area (Å²) in [6.45, 7) is 4.63. The lowest BCUT2D eigenvalue weighted by molar-refractivity contribution is -0.120. The van der Waals surface area contributed by atoms with Gasteiger partial charge in [0.2, 0.25) is 5.91 Å². The fourth-order valence-electron chi connectivity index (χ4n) is 1.40. The molecule has 1 atom stereocenters. The minimum Gasteiger partial charge on any atom is -0.355 e. The minimum absolute atomic E-state index is 0.107. The quantitative estimate of drug-likeness (QED) is 0.701. The van der Waals surface area contributed by atoms with Gasteiger partial charge in [-0.15, -0.1) is 0 Å². The van der Waals surface area contributed by atoms with Gasteiger partial charge in [-0.1, -0.05) is 0 Å². The Kier molecular flexibility index (Phi) is 4.15. The Balaban J connectivity index is 2.22. The highest BCUT2D eigenvalue weighted by Gasteiger charge is 2.13. The molecule has 0 aromatic rings. The molecule has 0 saturated carbocycles. The number of carbonyl (C=O) groups excluding carboxylic acids is 1. The lowest BCUT2D eigenvalue weighted by Crippen LogP contribution is -2.30. The summed E-state index contributed by atoms with van der Waals surface area (Å²) >= 11 is 0. The summed E-state index contributed by atoms with van der Waals surface area (Å²) in [6.07, 6.45) is 0.362. The zero-order valence-electron chi connectivity index (χ0n) is 8.05. The topological polar surface area (TPSA) is 32.3 Å². The predicted octanol–water partition coefficient (Wildman–Crippen LogP) is 0.556. The van der Waals surface area contributed by atoms with Gasteiger partial charge in [0.05, 0.1) is 6.17 Å². The van der Waals surface area contributed by atoms with Crippen LogP contribution in [-0.2, 0) is 4.79 Å². The van der Waals surface area contributed by atoms with E-state index in [0.717, 1.165) is 19.6 Å². The highest BCUT2D eigenvalue weighted by Crippen LogP contribution is 2.01. The van der Waals surface area contributed by atoms with Crippen LogP contribution in [0.2, 0.25) is 0 Å². The molecule has 0 aromatic heterocycles. The van der Waals surface area contributed by atoms with E-state index in [0.29, 0.717) is 19.4 Å². The molecule has 0 radical (unpaired) electrons. The van der Waals surface area contributed by atoms with Crippen LogP contribution in [0.5, 0.6) is 0 Å². The summed E-state index contributed by atoms with van der Waals surface area (Å²) in [4.78, 5) is 13.1. The third-order valence-electron chi connectivity index (χ3n) is 2.25. The zero-order valence-corrected chi connectivity index (χ0v) is 8.05. The van der Waals surface area contributed by atoms with Gasteiger partial charge in [0.1, 0.15) is 0 Å². The first kappa shape index (κ1) is 10.4. The Morgan fingerprint density at radius 1 is 1.62 bits per heavy atom. The fraction of sp³-hybridized carbons (Fsp3) is 0.889. The van der Waals surface area contributed by atoms with Crippen LogP contribution in [0.4, 0.5) is 4.39 Å². The monoisotopic (exact) mass is 188 g/mol. The lowest BCUT2D eigenvalue weighted by Gasteiger charge is -2.18. The number of halogens is 1. The Bertz CT molecular complexity index is 173. The van der Waals surface area contributed by atoms with E-state index < -0.39 is 6.17 Å². The van der Waals surface area contributed by atoms with Crippen LogP contribution in [0.15, 0.2) is 0 Å². The predicted molar refractivity (Wildman–Crippen MR) is 49.3 cm³/mol. The van der Waals surface area contributed by atoms with Crippen molar-refractivity contribution in [3.8, 4) is 0 Å². The molecule has 0 aliphatic carbocycles. The minimum atomic E-state index is -0.744. The van der Waals surface area contributed by atoms with Crippen molar-refractivity contribution >= 4 is 5.91 Å². The number of rotatable bonds is 3. The van der Waals surface area contributed by atoms with E-state index in [1.54, 1.807) is 6.92 Å². The molecule has 0 bridgehead atoms. The number of alkyl halides is 1. The van der Waals surface area contributed by atoms with Crippen LogP contribution >= 0.6 is 0 Å². The molecular weight excluding hydrogens is 171 g/mol. The van der Waals surface area contributed by atoms with Crippen LogP contribution in [0, 0.1) is 0 Å². The average molecular weight is 188 g/mol. The van der Waals surface area contributed by atoms with Crippen LogP contribution < -0.4 is 5.32 Å². The number of carbonyl (C=O) groups is 1. The third kappa shape index (κ3) is 4.22. The number of nitrogens with zero attached hydrogens (tertiary/aromatic N) is 1. The van der Waals surface area contributed by atoms with Crippen molar-refractivity contribution in [2.24, 2.45) is 0 Å². The van der Waals surface area contributed by atoms with Crippen LogP contribution in [0.1, 0.15) is 19.8 Å². The van der Waals surface area contributed by atoms with Gasteiger partial charge < -0.3 is 10.2 Å². The van der Waals surface area contributed by atoms with Gasteiger partial charge in [-0.05, 0) is 13.3 Å². The van der Waals surface area contributed by atoms with Gasteiger partial charge in [0.25, 0.3) is 0 Å². The molecule has 4 heteroatoms. The van der Waals surface area contributed by atoms with Gasteiger partial charge >= 0.3 is 0 Å². The second-order valence-corrected chi connectivity index (χ2v) is 3.51. The van der Waals surface area contributed by atoms with Gasteiger partial charge in [-0.25, -0.2) is 4.39 Å². The number of hydrogen-bond acceptors (Lipinski definition) is 2. The van der Waals surface area contributed by atoms with Crippen molar-refractivity contribution in [3.63, 3.8) is 0 Å². The highest BCUT2D eigenvalue weighted by atomic mass is 19.1. The molecule has 1 heterocycles. The van der Waals surface area contributed by atoms with Crippen molar-refractivity contribution in [2.45, 2.75) is 25.9 Å². The molecule has 1 unspecified atom stereocenters. The fourth-order valence-corrected chi connectivity index (χ4v) is 1.40. The maximum Gasteiger partial charge on any atom is 0.221 e. The molecule has 1 rings (SSSR count). The molecule has 3 nitrogen and oxygen atoms in total. The van der Waals surface area contributed by atoms with E-state index in [1.165, 1.54) is 0 Å². The molecule has 1 N–H and O–H groups in total. The van der Waals surface area contributed by atoms with E-state index in [1.807, 2.05) is 0 Å². The molecule has 13 heavy (non-hydrogen) atoms. The van der Waals surface area contributed by atoms with Crippen molar-refractivity contribution < 1.29 is 9.18 Å². The van der Waals surface area contributed by atoms with E-state index in [2.05, 4.69) is 10.2 Å². The summed E-state index contributed by atoms with van der Waals surface area (Å²) in [7, 11) is 0. The smallest absolute Gasteiger partial charge is 0.221 e. The van der Waals surface area contributed by atoms with Crippen molar-refractivity contribution in [1.29, 1.82) is 0 Å². The molecule has 0 spiro atoms. The van der Waals surface area contributed by atoms with Crippen LogP contribution in [0.3, 0.4) is 0 Å². The molecule has 1 saturated heterocycles. The summed E-state index contributed by atoms with van der Waals surface area (Å²) in [5.74, 6) is 0.107. The molecule has 1 aliphatic rings. The van der Waals surface area contributed by atoms with Crippen molar-refractivity contribution in [1.82, 2.24) is 10.2 Å². The maximum absolute atomic E-state index is 12.5. The van der Waals surface area contributed by atoms with E-state index in [4.69, 9.17) is 0 Å². The average Bonchev–Trinajstić information content (AvgIpc) is 2.27. The van der Waals surface area contributed by atoms with E-state index in [9.17, 15) is 9.18 Å². The summed E-state index contributed by atoms with van der Waals surface area (Å²) in [5, 5.41) is 2.79. The third-order valence-corrected chi connectivity index (χ3v) is 2.25. The number of hydrogen-bond donors (Lipinski definition) is 1. The van der Waals surface area contributed by atoms with Gasteiger partial charge in [0.15, 0.2) is 0 Å². The summed E-state index contributed by atoms with van der Waals surface area (Å²) in [6, 6.07) is 0. The molecule has 76 valence electrons. The maximum atomic E-state index is 12.5. The summed E-state index contributed by atoms with van der Waals surface area (Å²) in [5.41, 5.74) is 0. The molecule has 1 aliphatic heterocycles. The van der Waals surface area contributed by atoms with E-state index >= 15 is 0 Å². The van der Waals surface area contributed by atoms with Gasteiger partial charge in [0, 0.05) is 32.6 Å². The Hall–Kier alpha value is -0.640. The first-order valence-corrected chi connectivity index (χ1v) is 4.81. The normalized spacial score (nSPS) is 22.2. The van der Waals surface area contributed by atoms with Crippen LogP contribution in [-0.4, -0.2) is 43.2 Å². The largest absolute Gasteiger partial charge is 0.355 e. The lowest BCUT2D eigenvalue weighted by atomic mass is 10.3. The molecule has 0 aromatic carbocycles. The Morgan fingerprint density at radius 3 is 3.08 bits per heavy atom. The van der Waals surface area contributed by atoms with Gasteiger partial charge in [-0.3, -0.25) is 4.79 Å². The second kappa shape index (κ2) is 5.17. The van der Waals surface area contributed by atoms with Crippen LogP contribution in [0.25, 0.3) is 0 Å². The number of amides is 1. The second-order valence-electron chi connectivity index (χ2n) is 3.51.